The normalized spacial score (nSPS) is 13.5. The zero-order valence-corrected chi connectivity index (χ0v) is 50.5. The number of phosphoric acid groups is 1. The Morgan fingerprint density at radius 1 is 0.274 bits per heavy atom. The van der Waals surface area contributed by atoms with E-state index in [1.807, 2.05) is 0 Å². The smallest absolute Gasteiger partial charge is 0.303 e. The molecule has 0 saturated carbocycles. The van der Waals surface area contributed by atoms with Crippen LogP contribution in [0.1, 0.15) is 211 Å². The zero-order chi connectivity index (χ0) is 55.6. The molecule has 73 heavy (non-hydrogen) atoms. The molecule has 4 nitrogen and oxygen atoms in total. The minimum absolute atomic E-state index is 0.00719. The van der Waals surface area contributed by atoms with E-state index in [2.05, 4.69) is 275 Å². The Kier molecular flexibility index (Phi) is 16.4. The molecule has 394 valence electrons. The Bertz CT molecular complexity index is 2990. The molecule has 0 amide bonds. The van der Waals surface area contributed by atoms with Gasteiger partial charge in [0, 0.05) is 0 Å². The van der Waals surface area contributed by atoms with Crippen LogP contribution in [0.3, 0.4) is 0 Å². The van der Waals surface area contributed by atoms with Crippen molar-refractivity contribution in [2.24, 2.45) is 0 Å². The topological polar surface area (TPSA) is 77.8 Å². The van der Waals surface area contributed by atoms with Gasteiger partial charge >= 0.3 is 7.82 Å². The summed E-state index contributed by atoms with van der Waals surface area (Å²) in [6.07, 6.45) is 0. The predicted molar refractivity (Wildman–Crippen MR) is 317 cm³/mol. The van der Waals surface area contributed by atoms with Crippen molar-refractivity contribution in [3.05, 3.63) is 154 Å². The monoisotopic (exact) mass is 1000 g/mol. The lowest BCUT2D eigenvalue weighted by Crippen LogP contribution is -2.20. The highest BCUT2D eigenvalue weighted by atomic mass is 31.2. The summed E-state index contributed by atoms with van der Waals surface area (Å²) in [5, 5.41) is 0. The fraction of sp³-hybridized carbons (Fsp3) is 0.471. The molecule has 0 bridgehead atoms. The Morgan fingerprint density at radius 3 is 0.795 bits per heavy atom. The predicted octanol–water partition coefficient (Wildman–Crippen LogP) is 19.5. The summed E-state index contributed by atoms with van der Waals surface area (Å²) >= 11 is 0. The third kappa shape index (κ3) is 14.0. The summed E-state index contributed by atoms with van der Waals surface area (Å²) in [5.74, 6) is 0. The van der Waals surface area contributed by atoms with Gasteiger partial charge < -0.3 is 14.7 Å². The van der Waals surface area contributed by atoms with Gasteiger partial charge in [0.1, 0.15) is 0 Å². The van der Waals surface area contributed by atoms with Crippen molar-refractivity contribution in [2.45, 2.75) is 209 Å². The number of benzene rings is 6. The second-order valence-electron chi connectivity index (χ2n) is 29.0. The van der Waals surface area contributed by atoms with Gasteiger partial charge in [-0.1, -0.05) is 269 Å². The first-order chi connectivity index (χ1) is 32.8. The second kappa shape index (κ2) is 20.2. The molecule has 0 aliphatic heterocycles. The van der Waals surface area contributed by atoms with Gasteiger partial charge in [0.25, 0.3) is 0 Å². The Balaban J connectivity index is 0.00000188. The molecule has 6 aromatic rings. The van der Waals surface area contributed by atoms with E-state index in [0.717, 1.165) is 0 Å². The maximum Gasteiger partial charge on any atom is 0.466 e. The molecule has 6 aromatic carbocycles. The van der Waals surface area contributed by atoms with Gasteiger partial charge in [0.15, 0.2) is 0 Å². The molecule has 0 aliphatic carbocycles. The third-order valence-electron chi connectivity index (χ3n) is 14.3. The van der Waals surface area contributed by atoms with E-state index in [9.17, 15) is 0 Å². The van der Waals surface area contributed by atoms with Crippen LogP contribution in [0.15, 0.2) is 109 Å². The lowest BCUT2D eigenvalue weighted by Gasteiger charge is -2.35. The van der Waals surface area contributed by atoms with Crippen molar-refractivity contribution in [1.82, 2.24) is 0 Å². The van der Waals surface area contributed by atoms with Crippen molar-refractivity contribution >= 4 is 7.82 Å². The lowest BCUT2D eigenvalue weighted by molar-refractivity contribution is 0.275. The van der Waals surface area contributed by atoms with Crippen LogP contribution in [0.5, 0.6) is 0 Å². The third-order valence-corrected chi connectivity index (χ3v) is 14.3. The van der Waals surface area contributed by atoms with E-state index >= 15 is 0 Å². The number of rotatable bonds is 5. The van der Waals surface area contributed by atoms with E-state index in [-0.39, 0.29) is 43.3 Å². The molecule has 0 heterocycles. The van der Waals surface area contributed by atoms with Crippen LogP contribution in [-0.2, 0) is 47.9 Å². The molecule has 0 saturated heterocycles. The highest BCUT2D eigenvalue weighted by Gasteiger charge is 2.35. The first-order valence-corrected chi connectivity index (χ1v) is 28.0. The highest BCUT2D eigenvalue weighted by Crippen LogP contribution is 2.56. The standard InChI is InChI=1S/C68H90.H3O4P/c1-61(2,3)44-30-34-48(54(38-44)65(13,14)15)53-42-52(43-28-26-25-27-29-43)58(49-35-31-45(62(4,5)6)39-55(49)66(16,17)18)60(51-37-33-47(64(10,11)12)41-57(51)68(22,23)24)59(53)50-36-32-46(63(7,8)9)40-56(50)67(19,20)21;1-5(2,3)4/h25-42H,1-24H3;(H3,1,2,3,4). The minimum atomic E-state index is -4.64. The largest absolute Gasteiger partial charge is 0.466 e. The number of hydrogen-bond donors (Lipinski definition) is 3. The van der Waals surface area contributed by atoms with Crippen LogP contribution >= 0.6 is 7.82 Å². The average molecular weight is 1010 g/mol. The summed E-state index contributed by atoms with van der Waals surface area (Å²) in [6.45, 7) is 57.1. The van der Waals surface area contributed by atoms with Gasteiger partial charge in [-0.05, 0) is 150 Å². The first kappa shape index (κ1) is 59.3. The van der Waals surface area contributed by atoms with Gasteiger partial charge in [0.05, 0.1) is 0 Å². The minimum Gasteiger partial charge on any atom is -0.303 e. The van der Waals surface area contributed by atoms with E-state index < -0.39 is 7.82 Å². The quantitative estimate of drug-likeness (QED) is 0.150. The van der Waals surface area contributed by atoms with Crippen molar-refractivity contribution in [1.29, 1.82) is 0 Å². The van der Waals surface area contributed by atoms with E-state index in [4.69, 9.17) is 19.2 Å². The summed E-state index contributed by atoms with van der Waals surface area (Å²) in [6, 6.07) is 43.8. The molecule has 3 N–H and O–H groups in total. The first-order valence-electron chi connectivity index (χ1n) is 26.5. The van der Waals surface area contributed by atoms with E-state index in [0.29, 0.717) is 0 Å². The van der Waals surface area contributed by atoms with E-state index in [1.54, 1.807) is 0 Å². The van der Waals surface area contributed by atoms with Crippen molar-refractivity contribution in [3.63, 3.8) is 0 Å². The molecule has 0 radical (unpaired) electrons. The molecule has 6 rings (SSSR count). The van der Waals surface area contributed by atoms with Gasteiger partial charge in [0.2, 0.25) is 0 Å². The molecule has 0 atom stereocenters. The molecule has 0 aromatic heterocycles. The molecular formula is C68H93O4P. The molecule has 0 fully saturated rings. The fourth-order valence-corrected chi connectivity index (χ4v) is 9.98. The fourth-order valence-electron chi connectivity index (χ4n) is 9.98. The van der Waals surface area contributed by atoms with Crippen LogP contribution in [0.25, 0.3) is 55.6 Å². The van der Waals surface area contributed by atoms with Crippen LogP contribution < -0.4 is 0 Å². The van der Waals surface area contributed by atoms with Gasteiger partial charge in [-0.25, -0.2) is 4.57 Å². The molecule has 5 heteroatoms. The maximum atomic E-state index is 8.88. The maximum absolute atomic E-state index is 8.88. The lowest BCUT2D eigenvalue weighted by atomic mass is 9.68. The Hall–Kier alpha value is -4.57. The number of hydrogen-bond acceptors (Lipinski definition) is 1. The summed E-state index contributed by atoms with van der Waals surface area (Å²) in [4.78, 5) is 21.6. The van der Waals surface area contributed by atoms with Crippen LogP contribution in [0, 0.1) is 0 Å². The molecule has 0 aliphatic rings. The van der Waals surface area contributed by atoms with Crippen LogP contribution in [0.4, 0.5) is 0 Å². The molecule has 0 spiro atoms. The zero-order valence-electron chi connectivity index (χ0n) is 49.6. The van der Waals surface area contributed by atoms with Crippen molar-refractivity contribution < 1.29 is 19.2 Å². The molecular weight excluding hydrogens is 912 g/mol. The highest BCUT2D eigenvalue weighted by molar-refractivity contribution is 7.45. The Morgan fingerprint density at radius 2 is 0.521 bits per heavy atom. The van der Waals surface area contributed by atoms with Crippen LogP contribution in [-0.4, -0.2) is 14.7 Å². The van der Waals surface area contributed by atoms with E-state index in [1.165, 1.54) is 100 Å². The van der Waals surface area contributed by atoms with Crippen molar-refractivity contribution in [3.8, 4) is 55.6 Å². The Labute approximate surface area is 443 Å². The SMILES string of the molecule is CC(C)(C)c1ccc(-c2cc(-c3ccccc3)c(-c3ccc(C(C)(C)C)cc3C(C)(C)C)c(-c3ccc(C(C)(C)C)cc3C(C)(C)C)c2-c2ccc(C(C)(C)C)cc2C(C)(C)C)c(C(C)(C)C)c1.O=P(O)(O)O. The van der Waals surface area contributed by atoms with Crippen LogP contribution in [0.2, 0.25) is 0 Å². The second-order valence-corrected chi connectivity index (χ2v) is 30.0. The summed E-state index contributed by atoms with van der Waals surface area (Å²) in [5.41, 5.74) is 23.1. The van der Waals surface area contributed by atoms with Crippen molar-refractivity contribution in [2.75, 3.05) is 0 Å². The van der Waals surface area contributed by atoms with Gasteiger partial charge in [-0.15, -0.1) is 0 Å². The van der Waals surface area contributed by atoms with Gasteiger partial charge in [-0.2, -0.15) is 0 Å². The van der Waals surface area contributed by atoms with Gasteiger partial charge in [-0.3, -0.25) is 0 Å². The summed E-state index contributed by atoms with van der Waals surface area (Å²) < 4.78 is 8.88. The average Bonchev–Trinajstić information content (AvgIpc) is 3.22. The molecule has 0 unspecified atom stereocenters. The summed E-state index contributed by atoms with van der Waals surface area (Å²) in [7, 11) is -4.64.